The minimum atomic E-state index is -3.46. The first kappa shape index (κ1) is 25.8. The van der Waals surface area contributed by atoms with E-state index in [1.54, 1.807) is 0 Å². The highest BCUT2D eigenvalue weighted by Gasteiger charge is 2.40. The topological polar surface area (TPSA) is 118 Å². The smallest absolute Gasteiger partial charge is 0.331 e. The number of hydrogen-bond donors (Lipinski definition) is 3. The molecular weight excluding hydrogens is 478 g/mol. The van der Waals surface area contributed by atoms with Crippen molar-refractivity contribution in [3.05, 3.63) is 39.4 Å². The predicted octanol–water partition coefficient (Wildman–Crippen LogP) is 4.79. The van der Waals surface area contributed by atoms with Gasteiger partial charge in [-0.15, -0.1) is 0 Å². The molecule has 1 aromatic carbocycles. The van der Waals surface area contributed by atoms with E-state index in [1.807, 2.05) is 13.1 Å². The van der Waals surface area contributed by atoms with Crippen LogP contribution in [-0.4, -0.2) is 37.5 Å². The van der Waals surface area contributed by atoms with E-state index in [0.29, 0.717) is 13.2 Å². The fourth-order valence-corrected chi connectivity index (χ4v) is 9.91. The average molecular weight is 518 g/mol. The van der Waals surface area contributed by atoms with Crippen LogP contribution in [-0.2, 0) is 40.3 Å². The van der Waals surface area contributed by atoms with Crippen LogP contribution >= 0.6 is 0 Å². The highest BCUT2D eigenvalue weighted by Crippen LogP contribution is 2.40. The van der Waals surface area contributed by atoms with Gasteiger partial charge in [0.15, 0.2) is 18.2 Å². The molecule has 1 atom stereocenters. The summed E-state index contributed by atoms with van der Waals surface area (Å²) in [5.74, 6) is 0.202. The summed E-state index contributed by atoms with van der Waals surface area (Å²) in [5.41, 5.74) is 11.9. The van der Waals surface area contributed by atoms with Crippen LogP contribution in [0.25, 0.3) is 0 Å². The molecule has 2 aliphatic carbocycles. The highest BCUT2D eigenvalue weighted by atomic mass is 32.2. The van der Waals surface area contributed by atoms with Crippen LogP contribution < -0.4 is 15.8 Å². The van der Waals surface area contributed by atoms with Crippen molar-refractivity contribution in [2.24, 2.45) is 14.8 Å². The molecule has 0 radical (unpaired) electrons. The molecule has 3 aliphatic rings. The third-order valence-corrected chi connectivity index (χ3v) is 15.5. The van der Waals surface area contributed by atoms with Crippen molar-refractivity contribution in [1.29, 1.82) is 0 Å². The lowest BCUT2D eigenvalue weighted by atomic mass is 9.99. The Morgan fingerprint density at radius 3 is 2.29 bits per heavy atom. The predicted molar refractivity (Wildman–Crippen MR) is 146 cm³/mol. The normalized spacial score (nSPS) is 19.7. The number of amides is 2. The summed E-state index contributed by atoms with van der Waals surface area (Å²) in [7, 11) is -5.94. The number of nitrogens with zero attached hydrogens (tertiary/aromatic N) is 2. The van der Waals surface area contributed by atoms with Crippen molar-refractivity contribution >= 4 is 35.8 Å². The number of aryl methyl sites for hydroxylation is 2. The summed E-state index contributed by atoms with van der Waals surface area (Å²) in [6.07, 6.45) is 8.13. The van der Waals surface area contributed by atoms with Gasteiger partial charge in [-0.25, -0.2) is 13.7 Å². The third kappa shape index (κ3) is 5.14. The molecule has 8 nitrogen and oxygen atoms in total. The Kier molecular flexibility index (Phi) is 7.07. The number of rotatable bonds is 5. The van der Waals surface area contributed by atoms with Gasteiger partial charge in [-0.1, -0.05) is 26.8 Å². The number of nitrogens with one attached hydrogen (secondary N) is 2. The van der Waals surface area contributed by atoms with E-state index < -0.39 is 24.2 Å². The molecule has 0 bridgehead atoms. The number of ether oxygens (including phenoxy) is 1. The van der Waals surface area contributed by atoms with E-state index in [2.05, 4.69) is 41.9 Å². The van der Waals surface area contributed by atoms with Gasteiger partial charge in [0.1, 0.15) is 4.91 Å². The summed E-state index contributed by atoms with van der Waals surface area (Å²) in [6, 6.07) is 1.78. The Hall–Kier alpha value is -2.33. The van der Waals surface area contributed by atoms with Gasteiger partial charge in [-0.3, -0.25) is 9.02 Å². The van der Waals surface area contributed by atoms with Crippen LogP contribution in [0.2, 0.25) is 18.1 Å². The molecule has 1 unspecified atom stereocenters. The molecule has 0 saturated heterocycles. The number of hydrogen-bond acceptors (Lipinski definition) is 6. The molecule has 2 amide bonds. The van der Waals surface area contributed by atoms with Crippen molar-refractivity contribution in [2.45, 2.75) is 83.8 Å². The quantitative estimate of drug-likeness (QED) is 0.487. The minimum absolute atomic E-state index is 0.140. The third-order valence-electron chi connectivity index (χ3n) is 7.59. The van der Waals surface area contributed by atoms with Crippen LogP contribution in [0.1, 0.15) is 62.3 Å². The van der Waals surface area contributed by atoms with Crippen LogP contribution in [0.3, 0.4) is 0 Å². The van der Waals surface area contributed by atoms with Gasteiger partial charge in [-0.2, -0.15) is 0 Å². The summed E-state index contributed by atoms with van der Waals surface area (Å²) < 4.78 is 27.8. The van der Waals surface area contributed by atoms with Gasteiger partial charge >= 0.3 is 6.03 Å². The lowest BCUT2D eigenvalue weighted by Gasteiger charge is -2.33. The maximum atomic E-state index is 14.5. The molecule has 0 aromatic heterocycles. The molecule has 1 heterocycles. The molecule has 1 aromatic rings. The number of carbonyl (C=O) groups is 1. The van der Waals surface area contributed by atoms with Crippen molar-refractivity contribution in [3.63, 3.8) is 0 Å². The van der Waals surface area contributed by atoms with E-state index in [-0.39, 0.29) is 15.8 Å². The molecule has 0 fully saturated rings. The Labute approximate surface area is 210 Å². The zero-order chi connectivity index (χ0) is 25.4. The molecular formula is C25H39N5O3SSi. The fraction of sp³-hybridized carbons (Fsp3) is 0.600. The van der Waals surface area contributed by atoms with E-state index in [0.717, 1.165) is 50.6 Å². The van der Waals surface area contributed by atoms with Crippen LogP contribution in [0, 0.1) is 0 Å². The number of anilines is 1. The number of urea groups is 1. The average Bonchev–Trinajstić information content (AvgIpc) is 3.42. The lowest BCUT2D eigenvalue weighted by molar-refractivity contribution is 0.257. The molecule has 35 heavy (non-hydrogen) atoms. The molecule has 0 spiro atoms. The first-order chi connectivity index (χ1) is 16.4. The molecule has 4 rings (SSSR count). The first-order valence-electron chi connectivity index (χ1n) is 12.6. The number of nitrogens with two attached hydrogens (primary N) is 1. The second-order valence-corrected chi connectivity index (χ2v) is 18.2. The monoisotopic (exact) mass is 517 g/mol. The summed E-state index contributed by atoms with van der Waals surface area (Å²) >= 11 is 0. The van der Waals surface area contributed by atoms with Gasteiger partial charge < -0.3 is 15.8 Å². The van der Waals surface area contributed by atoms with Crippen molar-refractivity contribution in [1.82, 2.24) is 4.72 Å². The largest absolute Gasteiger partial charge is 0.477 e. The Bertz CT molecular complexity index is 1170. The number of benzene rings is 1. The maximum absolute atomic E-state index is 14.5. The van der Waals surface area contributed by atoms with Crippen molar-refractivity contribution in [2.75, 3.05) is 18.5 Å². The Balaban J connectivity index is 1.73. The molecule has 10 heteroatoms. The van der Waals surface area contributed by atoms with Gasteiger partial charge in [0.2, 0.25) is 5.90 Å². The standard InChI is InChI=1S/C25H39N5O3SSi/c1-25(2,3)35(4,5)30-34(32,21(16-26)23-27-13-8-14-33-23)29-24(31)28-22-19-11-6-9-17(19)15-18-10-7-12-20(18)22/h15-16H,6-14,26H2,1-5H3,(H2,28,29,30,31,32). The van der Waals surface area contributed by atoms with E-state index in [4.69, 9.17) is 14.5 Å². The zero-order valence-electron chi connectivity index (χ0n) is 21.6. The fourth-order valence-electron chi connectivity index (χ4n) is 4.71. The van der Waals surface area contributed by atoms with E-state index in [1.165, 1.54) is 28.5 Å². The molecule has 192 valence electrons. The highest BCUT2D eigenvalue weighted by molar-refractivity contribution is 7.97. The second-order valence-electron chi connectivity index (χ2n) is 11.1. The van der Waals surface area contributed by atoms with E-state index >= 15 is 0 Å². The number of fused-ring (bicyclic) bond motifs is 2. The Morgan fingerprint density at radius 2 is 1.77 bits per heavy atom. The number of aliphatic imine (C=N–C) groups is 1. The second kappa shape index (κ2) is 9.61. The zero-order valence-corrected chi connectivity index (χ0v) is 23.4. The van der Waals surface area contributed by atoms with Gasteiger partial charge in [0, 0.05) is 24.9 Å². The van der Waals surface area contributed by atoms with Crippen LogP contribution in [0.4, 0.5) is 10.5 Å². The number of carbonyl (C=O) groups excluding carboxylic acids is 1. The minimum Gasteiger partial charge on any atom is -0.477 e. The SMILES string of the molecule is CC(C)(C)[Si](C)(C)N=S(=O)(NC(=O)Nc1c2c(cc3c1CCC3)CCC2)C(=CN)C1=NCCCO1. The van der Waals surface area contributed by atoms with Crippen LogP contribution in [0.15, 0.2) is 26.2 Å². The van der Waals surface area contributed by atoms with Gasteiger partial charge in [0.25, 0.3) is 0 Å². The van der Waals surface area contributed by atoms with Gasteiger partial charge in [0.05, 0.1) is 6.61 Å². The maximum Gasteiger partial charge on any atom is 0.331 e. The van der Waals surface area contributed by atoms with Gasteiger partial charge in [-0.05, 0) is 78.9 Å². The van der Waals surface area contributed by atoms with Crippen molar-refractivity contribution < 1.29 is 13.7 Å². The summed E-state index contributed by atoms with van der Waals surface area (Å²) in [6.45, 7) is 11.3. The molecule has 1 aliphatic heterocycles. The van der Waals surface area contributed by atoms with E-state index in [9.17, 15) is 9.00 Å². The summed E-state index contributed by atoms with van der Waals surface area (Å²) in [5, 5.41) is 2.89. The summed E-state index contributed by atoms with van der Waals surface area (Å²) in [4.78, 5) is 18.0. The van der Waals surface area contributed by atoms with Crippen LogP contribution in [0.5, 0.6) is 0 Å². The first-order valence-corrected chi connectivity index (χ1v) is 17.0. The van der Waals surface area contributed by atoms with Crippen molar-refractivity contribution in [3.8, 4) is 0 Å². The molecule has 0 saturated carbocycles. The lowest BCUT2D eigenvalue weighted by Crippen LogP contribution is -2.43. The molecule has 4 N–H and O–H groups in total. The Morgan fingerprint density at radius 1 is 1.14 bits per heavy atom.